The summed E-state index contributed by atoms with van der Waals surface area (Å²) >= 11 is 0. The van der Waals surface area contributed by atoms with E-state index in [9.17, 15) is 0 Å². The summed E-state index contributed by atoms with van der Waals surface area (Å²) in [4.78, 5) is 7.72. The first-order valence-corrected chi connectivity index (χ1v) is 7.42. The van der Waals surface area contributed by atoms with Crippen LogP contribution in [0.2, 0.25) is 0 Å². The highest BCUT2D eigenvalue weighted by Gasteiger charge is 2.20. The van der Waals surface area contributed by atoms with Gasteiger partial charge in [-0.2, -0.15) is 0 Å². The van der Waals surface area contributed by atoms with Crippen molar-refractivity contribution >= 4 is 21.8 Å². The van der Waals surface area contributed by atoms with Crippen molar-refractivity contribution < 1.29 is 0 Å². The van der Waals surface area contributed by atoms with Crippen molar-refractivity contribution in [1.82, 2.24) is 9.97 Å². The number of nitrogens with zero attached hydrogens (tertiary/aromatic N) is 1. The summed E-state index contributed by atoms with van der Waals surface area (Å²) in [5.74, 6) is 0.670. The summed E-state index contributed by atoms with van der Waals surface area (Å²) in [6, 6.07) is 9.28. The molecular formula is C17H19N3. The first-order valence-electron chi connectivity index (χ1n) is 7.42. The molecule has 2 heterocycles. The largest absolute Gasteiger partial charge is 0.354 e. The SMILES string of the molecule is NC1CCC(c2ccc3c(c2)[nH]c2ccncc23)CC1. The second-order valence-electron chi connectivity index (χ2n) is 5.96. The van der Waals surface area contributed by atoms with Crippen LogP contribution >= 0.6 is 0 Å². The quantitative estimate of drug-likeness (QED) is 0.705. The van der Waals surface area contributed by atoms with Gasteiger partial charge >= 0.3 is 0 Å². The molecule has 3 N–H and O–H groups in total. The average molecular weight is 265 g/mol. The fourth-order valence-electron chi connectivity index (χ4n) is 3.47. The van der Waals surface area contributed by atoms with E-state index in [4.69, 9.17) is 5.73 Å². The molecule has 4 rings (SSSR count). The van der Waals surface area contributed by atoms with Crippen molar-refractivity contribution in [2.45, 2.75) is 37.6 Å². The lowest BCUT2D eigenvalue weighted by molar-refractivity contribution is 0.396. The molecule has 20 heavy (non-hydrogen) atoms. The Morgan fingerprint density at radius 1 is 1.00 bits per heavy atom. The van der Waals surface area contributed by atoms with Gasteiger partial charge in [0.15, 0.2) is 0 Å². The van der Waals surface area contributed by atoms with E-state index in [-0.39, 0.29) is 0 Å². The maximum atomic E-state index is 6.00. The van der Waals surface area contributed by atoms with E-state index >= 15 is 0 Å². The highest BCUT2D eigenvalue weighted by atomic mass is 14.7. The third-order valence-electron chi connectivity index (χ3n) is 4.67. The number of nitrogens with two attached hydrogens (primary N) is 1. The third kappa shape index (κ3) is 1.90. The number of aromatic amines is 1. The number of pyridine rings is 1. The molecule has 0 unspecified atom stereocenters. The molecule has 0 aliphatic heterocycles. The Labute approximate surface area is 118 Å². The lowest BCUT2D eigenvalue weighted by Crippen LogP contribution is -2.25. The van der Waals surface area contributed by atoms with Crippen molar-refractivity contribution in [3.8, 4) is 0 Å². The predicted octanol–water partition coefficient (Wildman–Crippen LogP) is 3.70. The van der Waals surface area contributed by atoms with E-state index in [0.29, 0.717) is 12.0 Å². The van der Waals surface area contributed by atoms with Crippen LogP contribution in [-0.4, -0.2) is 16.0 Å². The van der Waals surface area contributed by atoms with Gasteiger partial charge in [-0.15, -0.1) is 0 Å². The number of nitrogens with one attached hydrogen (secondary N) is 1. The summed E-state index contributed by atoms with van der Waals surface area (Å²) < 4.78 is 0. The van der Waals surface area contributed by atoms with Crippen LogP contribution in [0.4, 0.5) is 0 Å². The van der Waals surface area contributed by atoms with Crippen molar-refractivity contribution in [2.75, 3.05) is 0 Å². The fourth-order valence-corrected chi connectivity index (χ4v) is 3.47. The Morgan fingerprint density at radius 2 is 1.85 bits per heavy atom. The minimum absolute atomic E-state index is 0.411. The van der Waals surface area contributed by atoms with Gasteiger partial charge in [0.05, 0.1) is 0 Å². The van der Waals surface area contributed by atoms with Crippen LogP contribution in [0.15, 0.2) is 36.7 Å². The highest BCUT2D eigenvalue weighted by molar-refractivity contribution is 6.06. The van der Waals surface area contributed by atoms with E-state index in [2.05, 4.69) is 28.2 Å². The van der Waals surface area contributed by atoms with Crippen LogP contribution in [0.1, 0.15) is 37.2 Å². The van der Waals surface area contributed by atoms with E-state index < -0.39 is 0 Å². The van der Waals surface area contributed by atoms with Crippen molar-refractivity contribution in [2.24, 2.45) is 5.73 Å². The topological polar surface area (TPSA) is 54.7 Å². The molecule has 2 aromatic heterocycles. The van der Waals surface area contributed by atoms with Gasteiger partial charge in [0, 0.05) is 40.2 Å². The van der Waals surface area contributed by atoms with E-state index in [1.807, 2.05) is 18.5 Å². The molecule has 1 saturated carbocycles. The zero-order valence-electron chi connectivity index (χ0n) is 11.5. The lowest BCUT2D eigenvalue weighted by atomic mass is 9.82. The standard InChI is InChI=1S/C17H19N3/c18-13-4-1-11(2-5-13)12-3-6-14-15-10-19-8-7-16(15)20-17(14)9-12/h3,6-11,13,20H,1-2,4-5,18H2. The van der Waals surface area contributed by atoms with Crippen LogP contribution in [0.25, 0.3) is 21.8 Å². The van der Waals surface area contributed by atoms with Gasteiger partial charge < -0.3 is 10.7 Å². The molecule has 0 bridgehead atoms. The molecule has 102 valence electrons. The van der Waals surface area contributed by atoms with Crippen LogP contribution in [0.3, 0.4) is 0 Å². The summed E-state index contributed by atoms with van der Waals surface area (Å²) in [5.41, 5.74) is 9.84. The smallest absolute Gasteiger partial charge is 0.0495 e. The molecular weight excluding hydrogens is 246 g/mol. The van der Waals surface area contributed by atoms with E-state index in [1.54, 1.807) is 0 Å². The molecule has 1 aliphatic rings. The Hall–Kier alpha value is -1.87. The lowest BCUT2D eigenvalue weighted by Gasteiger charge is -2.26. The number of benzene rings is 1. The van der Waals surface area contributed by atoms with Crippen LogP contribution in [0, 0.1) is 0 Å². The Bertz CT molecular complexity index is 751. The maximum absolute atomic E-state index is 6.00. The van der Waals surface area contributed by atoms with Crippen LogP contribution in [0.5, 0.6) is 0 Å². The monoisotopic (exact) mass is 265 g/mol. The first-order chi connectivity index (χ1) is 9.81. The summed E-state index contributed by atoms with van der Waals surface area (Å²) in [7, 11) is 0. The zero-order chi connectivity index (χ0) is 13.5. The molecule has 0 radical (unpaired) electrons. The van der Waals surface area contributed by atoms with Gasteiger partial charge in [0.25, 0.3) is 0 Å². The Balaban J connectivity index is 1.77. The molecule has 1 aromatic carbocycles. The van der Waals surface area contributed by atoms with Gasteiger partial charge in [-0.3, -0.25) is 4.98 Å². The van der Waals surface area contributed by atoms with Gasteiger partial charge in [-0.1, -0.05) is 12.1 Å². The maximum Gasteiger partial charge on any atom is 0.0495 e. The van der Waals surface area contributed by atoms with Crippen molar-refractivity contribution in [1.29, 1.82) is 0 Å². The minimum atomic E-state index is 0.411. The highest BCUT2D eigenvalue weighted by Crippen LogP contribution is 2.34. The Kier molecular flexibility index (Phi) is 2.74. The predicted molar refractivity (Wildman–Crippen MR) is 82.8 cm³/mol. The molecule has 3 heteroatoms. The molecule has 3 aromatic rings. The normalized spacial score (nSPS) is 23.4. The number of fused-ring (bicyclic) bond motifs is 3. The second kappa shape index (κ2) is 4.60. The van der Waals surface area contributed by atoms with Gasteiger partial charge in [-0.25, -0.2) is 0 Å². The third-order valence-corrected chi connectivity index (χ3v) is 4.67. The second-order valence-corrected chi connectivity index (χ2v) is 5.96. The summed E-state index contributed by atoms with van der Waals surface area (Å²) in [6.07, 6.45) is 8.51. The van der Waals surface area contributed by atoms with Crippen molar-refractivity contribution in [3.05, 3.63) is 42.2 Å². The van der Waals surface area contributed by atoms with E-state index in [0.717, 1.165) is 18.4 Å². The zero-order valence-corrected chi connectivity index (χ0v) is 11.5. The molecule has 0 spiro atoms. The number of rotatable bonds is 1. The van der Waals surface area contributed by atoms with Crippen molar-refractivity contribution in [3.63, 3.8) is 0 Å². The molecule has 0 saturated heterocycles. The number of H-pyrrole nitrogens is 1. The van der Waals surface area contributed by atoms with Gasteiger partial charge in [-0.05, 0) is 49.3 Å². The van der Waals surface area contributed by atoms with Gasteiger partial charge in [0.2, 0.25) is 0 Å². The Morgan fingerprint density at radius 3 is 2.70 bits per heavy atom. The van der Waals surface area contributed by atoms with Crippen LogP contribution < -0.4 is 5.73 Å². The molecule has 3 nitrogen and oxygen atoms in total. The first kappa shape index (κ1) is 11.9. The van der Waals surface area contributed by atoms with E-state index in [1.165, 1.54) is 34.7 Å². The van der Waals surface area contributed by atoms with Gasteiger partial charge in [0.1, 0.15) is 0 Å². The molecule has 0 atom stereocenters. The van der Waals surface area contributed by atoms with Crippen LogP contribution in [-0.2, 0) is 0 Å². The minimum Gasteiger partial charge on any atom is -0.354 e. The molecule has 1 fully saturated rings. The molecule has 0 amide bonds. The summed E-state index contributed by atoms with van der Waals surface area (Å²) in [6.45, 7) is 0. The molecule has 1 aliphatic carbocycles. The fraction of sp³-hybridized carbons (Fsp3) is 0.353. The number of aromatic nitrogens is 2. The average Bonchev–Trinajstić information content (AvgIpc) is 2.85. The summed E-state index contributed by atoms with van der Waals surface area (Å²) in [5, 5.41) is 2.48. The number of hydrogen-bond donors (Lipinski definition) is 2. The number of hydrogen-bond acceptors (Lipinski definition) is 2.